The van der Waals surface area contributed by atoms with Crippen molar-refractivity contribution in [2.75, 3.05) is 0 Å². The van der Waals surface area contributed by atoms with E-state index in [4.69, 9.17) is 4.98 Å². The summed E-state index contributed by atoms with van der Waals surface area (Å²) in [7, 11) is 0. The molecule has 2 aromatic heterocycles. The number of fused-ring (bicyclic) bond motifs is 1. The Morgan fingerprint density at radius 2 is 1.94 bits per heavy atom. The summed E-state index contributed by atoms with van der Waals surface area (Å²) < 4.78 is 0. The van der Waals surface area contributed by atoms with Crippen LogP contribution >= 0.6 is 11.3 Å². The normalized spacial score (nSPS) is 12.4. The van der Waals surface area contributed by atoms with Crippen molar-refractivity contribution >= 4 is 34.4 Å². The number of nitrogens with zero attached hydrogens (tertiary/aromatic N) is 2. The van der Waals surface area contributed by atoms with E-state index >= 15 is 0 Å². The van der Waals surface area contributed by atoms with Crippen LogP contribution in [0, 0.1) is 6.92 Å². The van der Waals surface area contributed by atoms with Gasteiger partial charge in [0.2, 0.25) is 0 Å². The van der Waals surface area contributed by atoms with Gasteiger partial charge in [-0.25, -0.2) is 10.4 Å². The molecule has 0 aliphatic rings. The lowest BCUT2D eigenvalue weighted by atomic mass is 9.96. The highest BCUT2D eigenvalue weighted by atomic mass is 32.1. The topological polar surface area (TPSA) is 54.4 Å². The number of aryl methyl sites for hydroxylation is 1. The van der Waals surface area contributed by atoms with Crippen LogP contribution < -0.4 is 5.43 Å². The Morgan fingerprint density at radius 1 is 1.16 bits per heavy atom. The maximum absolute atomic E-state index is 13.0. The summed E-state index contributed by atoms with van der Waals surface area (Å²) in [6.45, 7) is 6.44. The van der Waals surface area contributed by atoms with Gasteiger partial charge in [-0.15, -0.1) is 11.3 Å². The molecule has 0 radical (unpaired) electrons. The number of nitrogens with one attached hydrogen (secondary N) is 1. The van der Waals surface area contributed by atoms with Gasteiger partial charge in [0.05, 0.1) is 23.0 Å². The molecule has 4 nitrogen and oxygen atoms in total. The van der Waals surface area contributed by atoms with Crippen LogP contribution in [0.15, 0.2) is 71.1 Å². The minimum absolute atomic E-state index is 0.249. The van der Waals surface area contributed by atoms with Crippen molar-refractivity contribution < 1.29 is 4.79 Å². The van der Waals surface area contributed by atoms with E-state index in [-0.39, 0.29) is 5.91 Å². The number of benzene rings is 2. The molecule has 0 aliphatic carbocycles. The molecular weight excluding hydrogens is 402 g/mol. The molecule has 1 N–H and O–H groups in total. The fourth-order valence-electron chi connectivity index (χ4n) is 3.46. The summed E-state index contributed by atoms with van der Waals surface area (Å²) in [6.07, 6.45) is 2.79. The Bertz CT molecular complexity index is 1240. The number of hydrazone groups is 1. The van der Waals surface area contributed by atoms with Gasteiger partial charge in [0.1, 0.15) is 0 Å². The highest BCUT2D eigenvalue weighted by Crippen LogP contribution is 2.27. The summed E-state index contributed by atoms with van der Waals surface area (Å²) >= 11 is 1.59. The molecule has 5 heteroatoms. The van der Waals surface area contributed by atoms with E-state index in [1.807, 2.05) is 48.7 Å². The number of pyridine rings is 1. The van der Waals surface area contributed by atoms with E-state index in [2.05, 4.69) is 48.6 Å². The number of hydrogen-bond donors (Lipinski definition) is 1. The van der Waals surface area contributed by atoms with Crippen LogP contribution in [0.1, 0.15) is 52.5 Å². The molecule has 0 saturated carbocycles. The van der Waals surface area contributed by atoms with E-state index in [0.717, 1.165) is 39.0 Å². The summed E-state index contributed by atoms with van der Waals surface area (Å²) in [4.78, 5) is 18.8. The van der Waals surface area contributed by atoms with Gasteiger partial charge >= 0.3 is 0 Å². The Balaban J connectivity index is 1.67. The first-order valence-electron chi connectivity index (χ1n) is 10.4. The van der Waals surface area contributed by atoms with E-state index in [0.29, 0.717) is 11.5 Å². The third kappa shape index (κ3) is 4.57. The van der Waals surface area contributed by atoms with Crippen LogP contribution in [0.25, 0.3) is 22.2 Å². The quantitative estimate of drug-likeness (QED) is 0.280. The number of amides is 1. The maximum Gasteiger partial charge on any atom is 0.272 e. The second-order valence-corrected chi connectivity index (χ2v) is 8.62. The average Bonchev–Trinajstić information content (AvgIpc) is 3.22. The first-order valence-corrected chi connectivity index (χ1v) is 11.3. The fraction of sp³-hybridized carbons (Fsp3) is 0.192. The molecule has 2 heterocycles. The minimum atomic E-state index is -0.249. The zero-order valence-corrected chi connectivity index (χ0v) is 18.7. The number of carbonyl (C=O) groups excluding carboxylic acids is 1. The highest BCUT2D eigenvalue weighted by Gasteiger charge is 2.14. The Labute approximate surface area is 186 Å². The summed E-state index contributed by atoms with van der Waals surface area (Å²) in [6, 6.07) is 20.0. The lowest BCUT2D eigenvalue weighted by Crippen LogP contribution is -2.18. The predicted octanol–water partition coefficient (Wildman–Crippen LogP) is 6.55. The van der Waals surface area contributed by atoms with Crippen molar-refractivity contribution in [3.8, 4) is 11.3 Å². The third-order valence-electron chi connectivity index (χ3n) is 5.60. The van der Waals surface area contributed by atoms with Gasteiger partial charge in [0.15, 0.2) is 0 Å². The molecule has 0 fully saturated rings. The number of rotatable bonds is 6. The van der Waals surface area contributed by atoms with Crippen molar-refractivity contribution in [3.63, 3.8) is 0 Å². The van der Waals surface area contributed by atoms with Gasteiger partial charge in [-0.3, -0.25) is 4.79 Å². The van der Waals surface area contributed by atoms with Crippen LogP contribution in [-0.2, 0) is 0 Å². The zero-order chi connectivity index (χ0) is 21.8. The molecule has 31 heavy (non-hydrogen) atoms. The van der Waals surface area contributed by atoms with Gasteiger partial charge < -0.3 is 0 Å². The van der Waals surface area contributed by atoms with Crippen LogP contribution in [0.4, 0.5) is 0 Å². The number of aromatic nitrogens is 1. The minimum Gasteiger partial charge on any atom is -0.267 e. The highest BCUT2D eigenvalue weighted by molar-refractivity contribution is 7.11. The summed E-state index contributed by atoms with van der Waals surface area (Å²) in [5.41, 5.74) is 8.24. The Morgan fingerprint density at radius 3 is 2.65 bits per heavy atom. The van der Waals surface area contributed by atoms with Crippen LogP contribution in [0.5, 0.6) is 0 Å². The van der Waals surface area contributed by atoms with Crippen molar-refractivity contribution in [1.82, 2.24) is 10.4 Å². The van der Waals surface area contributed by atoms with Gasteiger partial charge in [-0.05, 0) is 54.0 Å². The standard InChI is InChI=1S/C26H25N3OS/c1-4-17(2)19-9-11-20(12-10-19)24-15-22(21-7-5-6-8-23(21)28-24)26(30)29-27-16-25-18(3)13-14-31-25/h5-17H,4H2,1-3H3,(H,29,30)/t17-/m0/s1. The van der Waals surface area contributed by atoms with Crippen LogP contribution in [0.2, 0.25) is 0 Å². The lowest BCUT2D eigenvalue weighted by molar-refractivity contribution is 0.0956. The summed E-state index contributed by atoms with van der Waals surface area (Å²) in [5, 5.41) is 6.98. The van der Waals surface area contributed by atoms with Gasteiger partial charge in [0.25, 0.3) is 5.91 Å². The van der Waals surface area contributed by atoms with Crippen molar-refractivity contribution in [2.45, 2.75) is 33.1 Å². The van der Waals surface area contributed by atoms with Crippen molar-refractivity contribution in [1.29, 1.82) is 0 Å². The van der Waals surface area contributed by atoms with Crippen molar-refractivity contribution in [2.24, 2.45) is 5.10 Å². The lowest BCUT2D eigenvalue weighted by Gasteiger charge is -2.11. The second kappa shape index (κ2) is 9.23. The molecule has 156 valence electrons. The van der Waals surface area contributed by atoms with Gasteiger partial charge in [-0.1, -0.05) is 56.3 Å². The number of para-hydroxylation sites is 1. The Hall–Kier alpha value is -3.31. The molecule has 0 unspecified atom stereocenters. The van der Waals surface area contributed by atoms with E-state index in [9.17, 15) is 4.79 Å². The smallest absolute Gasteiger partial charge is 0.267 e. The molecule has 4 aromatic rings. The molecule has 0 saturated heterocycles. The molecule has 1 amide bonds. The van der Waals surface area contributed by atoms with Gasteiger partial charge in [-0.2, -0.15) is 5.10 Å². The SMILES string of the molecule is CC[C@H](C)c1ccc(-c2cc(C(=O)NN=Cc3sccc3C)c3ccccc3n2)cc1. The molecule has 2 aromatic carbocycles. The molecular formula is C26H25N3OS. The zero-order valence-electron chi connectivity index (χ0n) is 17.9. The molecule has 0 aliphatic heterocycles. The first-order chi connectivity index (χ1) is 15.1. The molecule has 0 spiro atoms. The first kappa shape index (κ1) is 20.9. The van der Waals surface area contributed by atoms with Gasteiger partial charge in [0, 0.05) is 15.8 Å². The molecule has 4 rings (SSSR count). The van der Waals surface area contributed by atoms with E-state index in [1.165, 1.54) is 5.56 Å². The largest absolute Gasteiger partial charge is 0.272 e. The predicted molar refractivity (Wildman–Crippen MR) is 130 cm³/mol. The number of hydrogen-bond acceptors (Lipinski definition) is 4. The average molecular weight is 428 g/mol. The van der Waals surface area contributed by atoms with E-state index in [1.54, 1.807) is 17.6 Å². The number of carbonyl (C=O) groups is 1. The third-order valence-corrected chi connectivity index (χ3v) is 6.55. The van der Waals surface area contributed by atoms with Crippen molar-refractivity contribution in [3.05, 3.63) is 87.6 Å². The monoisotopic (exact) mass is 427 g/mol. The molecule has 0 bridgehead atoms. The van der Waals surface area contributed by atoms with E-state index < -0.39 is 0 Å². The van der Waals surface area contributed by atoms with Crippen LogP contribution in [0.3, 0.4) is 0 Å². The molecule has 1 atom stereocenters. The Kier molecular flexibility index (Phi) is 6.23. The fourth-order valence-corrected chi connectivity index (χ4v) is 4.24. The maximum atomic E-state index is 13.0. The summed E-state index contributed by atoms with van der Waals surface area (Å²) in [5.74, 6) is 0.270. The second-order valence-electron chi connectivity index (χ2n) is 7.67. The number of thiophene rings is 1. The van der Waals surface area contributed by atoms with Crippen LogP contribution in [-0.4, -0.2) is 17.1 Å².